The monoisotopic (exact) mass is 388 g/mol. The molecule has 0 fully saturated rings. The van der Waals surface area contributed by atoms with Crippen molar-refractivity contribution in [2.75, 3.05) is 18.8 Å². The van der Waals surface area contributed by atoms with Gasteiger partial charge in [0.1, 0.15) is 5.76 Å². The summed E-state index contributed by atoms with van der Waals surface area (Å²) in [5, 5.41) is 3.00. The van der Waals surface area contributed by atoms with Gasteiger partial charge in [0.05, 0.1) is 16.8 Å². The highest BCUT2D eigenvalue weighted by atomic mass is 79.9. The fraction of sp³-hybridized carbons (Fsp3) is 0.556. The van der Waals surface area contributed by atoms with E-state index in [2.05, 4.69) is 41.9 Å². The largest absolute Gasteiger partial charge is 0.452 e. The summed E-state index contributed by atoms with van der Waals surface area (Å²) in [5.41, 5.74) is 0. The Hall–Kier alpha value is 0.110. The van der Waals surface area contributed by atoms with Crippen LogP contribution in [0.3, 0.4) is 0 Å². The Labute approximate surface area is 118 Å². The third-order valence-corrected chi connectivity index (χ3v) is 5.09. The van der Waals surface area contributed by atoms with E-state index < -0.39 is 10.0 Å². The van der Waals surface area contributed by atoms with Crippen molar-refractivity contribution in [2.24, 2.45) is 0 Å². The molecule has 5 nitrogen and oxygen atoms in total. The van der Waals surface area contributed by atoms with E-state index in [4.69, 9.17) is 4.42 Å². The van der Waals surface area contributed by atoms with Crippen LogP contribution in [0.4, 0.5) is 0 Å². The molecule has 0 amide bonds. The second-order valence-electron chi connectivity index (χ2n) is 3.33. The minimum Gasteiger partial charge on any atom is -0.452 e. The quantitative estimate of drug-likeness (QED) is 0.698. The minimum absolute atomic E-state index is 0.0594. The molecule has 1 heterocycles. The number of hydrogen-bond donors (Lipinski definition) is 2. The van der Waals surface area contributed by atoms with Crippen molar-refractivity contribution in [2.45, 2.75) is 13.5 Å². The summed E-state index contributed by atoms with van der Waals surface area (Å²) in [7, 11) is -3.15. The average Bonchev–Trinajstić information content (AvgIpc) is 2.53. The van der Waals surface area contributed by atoms with Gasteiger partial charge < -0.3 is 9.73 Å². The van der Waals surface area contributed by atoms with Crippen molar-refractivity contribution >= 4 is 41.9 Å². The van der Waals surface area contributed by atoms with Gasteiger partial charge in [-0.05, 0) is 37.9 Å². The summed E-state index contributed by atoms with van der Waals surface area (Å²) in [4.78, 5) is 0. The number of halogens is 2. The molecule has 0 saturated heterocycles. The summed E-state index contributed by atoms with van der Waals surface area (Å²) >= 11 is 6.53. The second kappa shape index (κ2) is 6.89. The Morgan fingerprint density at radius 3 is 2.65 bits per heavy atom. The van der Waals surface area contributed by atoms with E-state index in [0.29, 0.717) is 24.3 Å². The van der Waals surface area contributed by atoms with Crippen LogP contribution in [0.25, 0.3) is 0 Å². The zero-order valence-electron chi connectivity index (χ0n) is 9.29. The highest BCUT2D eigenvalue weighted by molar-refractivity contribution is 9.13. The number of hydrogen-bond acceptors (Lipinski definition) is 4. The van der Waals surface area contributed by atoms with E-state index in [9.17, 15) is 8.42 Å². The van der Waals surface area contributed by atoms with Crippen molar-refractivity contribution in [1.82, 2.24) is 10.0 Å². The van der Waals surface area contributed by atoms with Gasteiger partial charge in [0.2, 0.25) is 10.0 Å². The number of rotatable bonds is 7. The molecule has 0 aliphatic heterocycles. The van der Waals surface area contributed by atoms with Crippen molar-refractivity contribution in [1.29, 1.82) is 0 Å². The van der Waals surface area contributed by atoms with E-state index >= 15 is 0 Å². The lowest BCUT2D eigenvalue weighted by Crippen LogP contribution is -2.31. The third kappa shape index (κ3) is 5.52. The fourth-order valence-corrected chi connectivity index (χ4v) is 2.84. The maximum Gasteiger partial charge on any atom is 0.212 e. The Morgan fingerprint density at radius 1 is 1.41 bits per heavy atom. The average molecular weight is 390 g/mol. The van der Waals surface area contributed by atoms with Gasteiger partial charge in [-0.25, -0.2) is 13.1 Å². The molecule has 17 heavy (non-hydrogen) atoms. The van der Waals surface area contributed by atoms with Crippen LogP contribution >= 0.6 is 31.9 Å². The normalized spacial score (nSPS) is 11.9. The van der Waals surface area contributed by atoms with Gasteiger partial charge in [-0.1, -0.05) is 6.92 Å². The summed E-state index contributed by atoms with van der Waals surface area (Å²) in [5.74, 6) is 0.800. The number of sulfonamides is 1. The predicted molar refractivity (Wildman–Crippen MR) is 73.3 cm³/mol. The molecule has 0 atom stereocenters. The van der Waals surface area contributed by atoms with Crippen molar-refractivity contribution < 1.29 is 12.8 Å². The van der Waals surface area contributed by atoms with Gasteiger partial charge in [0.15, 0.2) is 4.67 Å². The molecular formula is C9H14Br2N2O3S. The lowest BCUT2D eigenvalue weighted by atomic mass is 10.4. The van der Waals surface area contributed by atoms with Gasteiger partial charge in [0, 0.05) is 13.1 Å². The molecule has 0 spiro atoms. The number of nitrogens with one attached hydrogen (secondary N) is 2. The molecule has 98 valence electrons. The molecule has 0 unspecified atom stereocenters. The molecule has 0 radical (unpaired) electrons. The van der Waals surface area contributed by atoms with Gasteiger partial charge >= 0.3 is 0 Å². The van der Waals surface area contributed by atoms with Crippen LogP contribution in [0.2, 0.25) is 0 Å². The summed E-state index contributed by atoms with van der Waals surface area (Å²) in [6, 6.07) is 1.83. The third-order valence-electron chi connectivity index (χ3n) is 1.91. The van der Waals surface area contributed by atoms with Crippen LogP contribution in [0.15, 0.2) is 19.6 Å². The van der Waals surface area contributed by atoms with Gasteiger partial charge in [-0.15, -0.1) is 0 Å². The van der Waals surface area contributed by atoms with Gasteiger partial charge in [0.25, 0.3) is 0 Å². The Kier molecular flexibility index (Phi) is 6.14. The van der Waals surface area contributed by atoms with E-state index in [0.717, 1.165) is 10.2 Å². The second-order valence-corrected chi connectivity index (χ2v) is 6.83. The highest BCUT2D eigenvalue weighted by Gasteiger charge is 2.09. The predicted octanol–water partition coefficient (Wildman–Crippen LogP) is 1.83. The van der Waals surface area contributed by atoms with Gasteiger partial charge in [-0.3, -0.25) is 0 Å². The van der Waals surface area contributed by atoms with Crippen molar-refractivity contribution in [3.8, 4) is 0 Å². The standard InChI is InChI=1S/C9H14Br2N2O3S/c1-2-13-17(14,15)4-3-12-6-7-5-8(10)9(11)16-7/h5,12-13H,2-4,6H2,1H3. The SMILES string of the molecule is CCNS(=O)(=O)CCNCc1cc(Br)c(Br)o1. The summed E-state index contributed by atoms with van der Waals surface area (Å²) in [6.45, 7) is 3.04. The van der Waals surface area contributed by atoms with E-state index in [1.807, 2.05) is 6.07 Å². The molecular weight excluding hydrogens is 376 g/mol. The molecule has 8 heteroatoms. The zero-order chi connectivity index (χ0) is 12.9. The molecule has 1 rings (SSSR count). The van der Waals surface area contributed by atoms with Crippen molar-refractivity contribution in [3.63, 3.8) is 0 Å². The zero-order valence-corrected chi connectivity index (χ0v) is 13.3. The van der Waals surface area contributed by atoms with Crippen LogP contribution in [0.5, 0.6) is 0 Å². The smallest absolute Gasteiger partial charge is 0.212 e. The molecule has 0 aromatic carbocycles. The maximum atomic E-state index is 11.3. The minimum atomic E-state index is -3.15. The Bertz CT molecular complexity index is 439. The lowest BCUT2D eigenvalue weighted by Gasteiger charge is -2.04. The molecule has 0 aliphatic carbocycles. The van der Waals surface area contributed by atoms with E-state index in [1.54, 1.807) is 6.92 Å². The first kappa shape index (κ1) is 15.2. The molecule has 2 N–H and O–H groups in total. The van der Waals surface area contributed by atoms with E-state index in [1.165, 1.54) is 0 Å². The molecule has 0 bridgehead atoms. The van der Waals surface area contributed by atoms with Crippen LogP contribution in [0, 0.1) is 0 Å². The Balaban J connectivity index is 2.29. The first-order valence-electron chi connectivity index (χ1n) is 5.06. The van der Waals surface area contributed by atoms with Crippen LogP contribution in [0.1, 0.15) is 12.7 Å². The topological polar surface area (TPSA) is 71.3 Å². The van der Waals surface area contributed by atoms with Crippen LogP contribution in [-0.4, -0.2) is 27.3 Å². The van der Waals surface area contributed by atoms with Crippen molar-refractivity contribution in [3.05, 3.63) is 21.0 Å². The van der Waals surface area contributed by atoms with Gasteiger partial charge in [-0.2, -0.15) is 0 Å². The van der Waals surface area contributed by atoms with E-state index in [-0.39, 0.29) is 5.75 Å². The molecule has 0 saturated carbocycles. The maximum absolute atomic E-state index is 11.3. The summed E-state index contributed by atoms with van der Waals surface area (Å²) in [6.07, 6.45) is 0. The summed E-state index contributed by atoms with van der Waals surface area (Å²) < 4.78 is 31.9. The first-order chi connectivity index (χ1) is 7.94. The molecule has 1 aromatic heterocycles. The van der Waals surface area contributed by atoms with Crippen LogP contribution in [-0.2, 0) is 16.6 Å². The van der Waals surface area contributed by atoms with Crippen LogP contribution < -0.4 is 10.0 Å². The first-order valence-corrected chi connectivity index (χ1v) is 8.30. The molecule has 0 aliphatic rings. The Morgan fingerprint density at radius 2 is 2.12 bits per heavy atom. The highest BCUT2D eigenvalue weighted by Crippen LogP contribution is 2.26. The lowest BCUT2D eigenvalue weighted by molar-refractivity contribution is 0.467. The molecule has 1 aromatic rings. The number of furan rings is 1. The fourth-order valence-electron chi connectivity index (χ4n) is 1.19.